The Balaban J connectivity index is 1.18. The zero-order chi connectivity index (χ0) is 25.3. The van der Waals surface area contributed by atoms with E-state index in [9.17, 15) is 19.2 Å². The molecule has 9 heteroatoms. The molecule has 5 rings (SSSR count). The first kappa shape index (κ1) is 24.2. The Bertz CT molecular complexity index is 1190. The summed E-state index contributed by atoms with van der Waals surface area (Å²) in [5.41, 5.74) is -0.545. The molecule has 5 amide bonds. The molecule has 3 heterocycles. The van der Waals surface area contributed by atoms with Crippen LogP contribution in [-0.2, 0) is 19.9 Å². The molecule has 0 bridgehead atoms. The Labute approximate surface area is 211 Å². The highest BCUT2D eigenvalue weighted by molar-refractivity contribution is 6.09. The molecule has 9 nitrogen and oxygen atoms in total. The summed E-state index contributed by atoms with van der Waals surface area (Å²) in [5.74, 6) is -0.535. The number of amides is 5. The molecule has 36 heavy (non-hydrogen) atoms. The Morgan fingerprint density at radius 2 is 1.44 bits per heavy atom. The molecule has 0 spiro atoms. The monoisotopic (exact) mass is 491 g/mol. The molecule has 3 aliphatic rings. The third-order valence-corrected chi connectivity index (χ3v) is 7.69. The summed E-state index contributed by atoms with van der Waals surface area (Å²) < 4.78 is 0. The predicted molar refractivity (Wildman–Crippen MR) is 135 cm³/mol. The number of likely N-dealkylation sites (tertiary alicyclic amines) is 1. The number of benzene rings is 2. The van der Waals surface area contributed by atoms with E-state index in [0.717, 1.165) is 41.6 Å². The van der Waals surface area contributed by atoms with Crippen LogP contribution in [0.5, 0.6) is 0 Å². The van der Waals surface area contributed by atoms with Crippen LogP contribution in [0.15, 0.2) is 42.5 Å². The Morgan fingerprint density at radius 1 is 0.806 bits per heavy atom. The van der Waals surface area contributed by atoms with E-state index in [1.54, 1.807) is 11.8 Å². The second kappa shape index (κ2) is 9.89. The Morgan fingerprint density at radius 3 is 2.17 bits per heavy atom. The van der Waals surface area contributed by atoms with Crippen LogP contribution in [0.3, 0.4) is 0 Å². The standard InChI is InChI=1S/C27H33N5O4/c1-27(22-10-9-20-7-3-4-8-21(20)17-22)25(35)32(26(36)28-27)19-24(34)31-15-13-29(14-16-31)18-23(33)30-11-5-2-6-12-30/h3-4,7-10,17H,2,5-6,11-16,18-19H2,1H3,(H,28,36). The minimum Gasteiger partial charge on any atom is -0.342 e. The van der Waals surface area contributed by atoms with Gasteiger partial charge in [-0.1, -0.05) is 36.4 Å². The number of carbonyl (C=O) groups is 4. The van der Waals surface area contributed by atoms with E-state index in [-0.39, 0.29) is 18.4 Å². The van der Waals surface area contributed by atoms with Crippen LogP contribution in [-0.4, -0.2) is 95.7 Å². The largest absolute Gasteiger partial charge is 0.342 e. The van der Waals surface area contributed by atoms with Gasteiger partial charge in [0.05, 0.1) is 6.54 Å². The number of hydrogen-bond donors (Lipinski definition) is 1. The van der Waals surface area contributed by atoms with Crippen molar-refractivity contribution < 1.29 is 19.2 Å². The van der Waals surface area contributed by atoms with Crippen LogP contribution < -0.4 is 5.32 Å². The molecule has 0 saturated carbocycles. The maximum absolute atomic E-state index is 13.3. The van der Waals surface area contributed by atoms with E-state index in [1.807, 2.05) is 47.4 Å². The number of carbonyl (C=O) groups excluding carboxylic acids is 4. The van der Waals surface area contributed by atoms with E-state index in [4.69, 9.17) is 0 Å². The molecule has 0 radical (unpaired) electrons. The highest BCUT2D eigenvalue weighted by atomic mass is 16.2. The Kier molecular flexibility index (Phi) is 6.66. The lowest BCUT2D eigenvalue weighted by Crippen LogP contribution is -2.54. The molecule has 0 aliphatic carbocycles. The summed E-state index contributed by atoms with van der Waals surface area (Å²) in [7, 11) is 0. The lowest BCUT2D eigenvalue weighted by molar-refractivity contribution is -0.140. The number of piperidine rings is 1. The molecular formula is C27H33N5O4. The first-order valence-corrected chi connectivity index (χ1v) is 12.8. The van der Waals surface area contributed by atoms with Crippen molar-refractivity contribution in [3.05, 3.63) is 48.0 Å². The van der Waals surface area contributed by atoms with Crippen molar-refractivity contribution >= 4 is 34.5 Å². The second-order valence-corrected chi connectivity index (χ2v) is 10.1. The van der Waals surface area contributed by atoms with Crippen molar-refractivity contribution in [2.45, 2.75) is 31.7 Å². The van der Waals surface area contributed by atoms with Crippen molar-refractivity contribution in [2.75, 3.05) is 52.4 Å². The zero-order valence-corrected chi connectivity index (χ0v) is 20.7. The van der Waals surface area contributed by atoms with Gasteiger partial charge in [0.15, 0.2) is 0 Å². The maximum atomic E-state index is 13.3. The van der Waals surface area contributed by atoms with Gasteiger partial charge in [-0.25, -0.2) is 4.79 Å². The number of imide groups is 1. The van der Waals surface area contributed by atoms with Gasteiger partial charge >= 0.3 is 6.03 Å². The summed E-state index contributed by atoms with van der Waals surface area (Å²) in [4.78, 5) is 58.3. The van der Waals surface area contributed by atoms with Crippen molar-refractivity contribution in [2.24, 2.45) is 0 Å². The fourth-order valence-electron chi connectivity index (χ4n) is 5.36. The molecule has 1 N–H and O–H groups in total. The highest BCUT2D eigenvalue weighted by Gasteiger charge is 2.49. The van der Waals surface area contributed by atoms with Crippen molar-refractivity contribution in [3.63, 3.8) is 0 Å². The Hall–Kier alpha value is -3.46. The van der Waals surface area contributed by atoms with E-state index >= 15 is 0 Å². The SMILES string of the molecule is CC1(c2ccc3ccccc3c2)NC(=O)N(CC(=O)N2CCN(CC(=O)N3CCCCC3)CC2)C1=O. The quantitative estimate of drug-likeness (QED) is 0.644. The number of rotatable bonds is 5. The number of hydrogen-bond acceptors (Lipinski definition) is 5. The average molecular weight is 492 g/mol. The summed E-state index contributed by atoms with van der Waals surface area (Å²) in [5, 5.41) is 4.82. The number of urea groups is 1. The van der Waals surface area contributed by atoms with Crippen LogP contribution in [0, 0.1) is 0 Å². The van der Waals surface area contributed by atoms with Gasteiger partial charge in [0.25, 0.3) is 5.91 Å². The number of piperazine rings is 1. The lowest BCUT2D eigenvalue weighted by atomic mass is 9.90. The van der Waals surface area contributed by atoms with E-state index in [0.29, 0.717) is 38.3 Å². The van der Waals surface area contributed by atoms with E-state index in [1.165, 1.54) is 6.42 Å². The third kappa shape index (κ3) is 4.67. The van der Waals surface area contributed by atoms with Gasteiger partial charge in [0, 0.05) is 39.3 Å². The average Bonchev–Trinajstić information content (AvgIpc) is 3.13. The van der Waals surface area contributed by atoms with Crippen LogP contribution in [0.1, 0.15) is 31.7 Å². The smallest absolute Gasteiger partial charge is 0.325 e. The first-order chi connectivity index (χ1) is 17.3. The third-order valence-electron chi connectivity index (χ3n) is 7.69. The number of nitrogens with zero attached hydrogens (tertiary/aromatic N) is 4. The van der Waals surface area contributed by atoms with Gasteiger partial charge in [-0.05, 0) is 48.6 Å². The molecule has 3 fully saturated rings. The van der Waals surface area contributed by atoms with Gasteiger partial charge in [-0.3, -0.25) is 24.2 Å². The normalized spacial score (nSPS) is 23.3. The number of fused-ring (bicyclic) bond motifs is 1. The number of nitrogens with one attached hydrogen (secondary N) is 1. The maximum Gasteiger partial charge on any atom is 0.325 e. The first-order valence-electron chi connectivity index (χ1n) is 12.8. The van der Waals surface area contributed by atoms with Crippen LogP contribution >= 0.6 is 0 Å². The van der Waals surface area contributed by atoms with Gasteiger partial charge in [-0.15, -0.1) is 0 Å². The zero-order valence-electron chi connectivity index (χ0n) is 20.7. The minimum atomic E-state index is -1.23. The van der Waals surface area contributed by atoms with E-state index < -0.39 is 17.5 Å². The molecule has 1 atom stereocenters. The summed E-state index contributed by atoms with van der Waals surface area (Å²) in [6.07, 6.45) is 3.32. The minimum absolute atomic E-state index is 0.154. The molecule has 190 valence electrons. The molecule has 0 aromatic heterocycles. The van der Waals surface area contributed by atoms with Gasteiger partial charge in [0.2, 0.25) is 11.8 Å². The molecule has 3 aliphatic heterocycles. The van der Waals surface area contributed by atoms with Gasteiger partial charge < -0.3 is 15.1 Å². The summed E-state index contributed by atoms with van der Waals surface area (Å²) in [6, 6.07) is 13.0. The highest BCUT2D eigenvalue weighted by Crippen LogP contribution is 2.31. The molecule has 3 saturated heterocycles. The molecular weight excluding hydrogens is 458 g/mol. The van der Waals surface area contributed by atoms with Crippen molar-refractivity contribution in [1.29, 1.82) is 0 Å². The van der Waals surface area contributed by atoms with Crippen LogP contribution in [0.4, 0.5) is 4.79 Å². The second-order valence-electron chi connectivity index (χ2n) is 10.1. The lowest BCUT2D eigenvalue weighted by Gasteiger charge is -2.36. The van der Waals surface area contributed by atoms with Crippen molar-refractivity contribution in [1.82, 2.24) is 24.9 Å². The summed E-state index contributed by atoms with van der Waals surface area (Å²) >= 11 is 0. The van der Waals surface area contributed by atoms with Crippen LogP contribution in [0.2, 0.25) is 0 Å². The molecule has 2 aromatic rings. The fourth-order valence-corrected chi connectivity index (χ4v) is 5.36. The predicted octanol–water partition coefficient (Wildman–Crippen LogP) is 1.76. The topological polar surface area (TPSA) is 93.3 Å². The van der Waals surface area contributed by atoms with Gasteiger partial charge in [0.1, 0.15) is 12.1 Å². The molecule has 2 aromatic carbocycles. The van der Waals surface area contributed by atoms with Crippen LogP contribution in [0.25, 0.3) is 10.8 Å². The molecule has 1 unspecified atom stereocenters. The van der Waals surface area contributed by atoms with Crippen molar-refractivity contribution in [3.8, 4) is 0 Å². The summed E-state index contributed by atoms with van der Waals surface area (Å²) in [6.45, 7) is 5.57. The fraction of sp³-hybridized carbons (Fsp3) is 0.481. The van der Waals surface area contributed by atoms with E-state index in [2.05, 4.69) is 10.2 Å². The van der Waals surface area contributed by atoms with Gasteiger partial charge in [-0.2, -0.15) is 0 Å².